The highest BCUT2D eigenvalue weighted by Crippen LogP contribution is 2.16. The molecule has 1 fully saturated rings. The zero-order chi connectivity index (χ0) is 18.3. The largest absolute Gasteiger partial charge is 0.494 e. The number of rotatable bonds is 14. The van der Waals surface area contributed by atoms with Gasteiger partial charge in [0.2, 0.25) is 0 Å². The summed E-state index contributed by atoms with van der Waals surface area (Å²) < 4.78 is 17.1. The zero-order valence-corrected chi connectivity index (χ0v) is 16.2. The molecule has 1 aliphatic rings. The minimum absolute atomic E-state index is 0.0599. The monoisotopic (exact) mass is 364 g/mol. The van der Waals surface area contributed by atoms with Crippen molar-refractivity contribution in [2.75, 3.05) is 26.4 Å². The Balaban J connectivity index is 1.37. The van der Waals surface area contributed by atoms with Crippen LogP contribution in [0, 0.1) is 0 Å². The summed E-state index contributed by atoms with van der Waals surface area (Å²) >= 11 is 0. The normalized spacial score (nSPS) is 17.3. The Morgan fingerprint density at radius 1 is 0.885 bits per heavy atom. The first-order valence-corrected chi connectivity index (χ1v) is 10.4. The Morgan fingerprint density at radius 3 is 2.31 bits per heavy atom. The zero-order valence-electron chi connectivity index (χ0n) is 16.2. The molecule has 0 radical (unpaired) electrons. The van der Waals surface area contributed by atoms with Crippen molar-refractivity contribution in [3.8, 4) is 5.75 Å². The lowest BCUT2D eigenvalue weighted by Crippen LogP contribution is -2.22. The summed E-state index contributed by atoms with van der Waals surface area (Å²) in [4.78, 5) is 0. The maximum atomic E-state index is 8.85. The molecule has 4 nitrogen and oxygen atoms in total. The highest BCUT2D eigenvalue weighted by atomic mass is 16.7. The Hall–Kier alpha value is -1.10. The Bertz CT molecular complexity index is 440. The number of ether oxygens (including phenoxy) is 3. The van der Waals surface area contributed by atoms with Crippen molar-refractivity contribution in [1.82, 2.24) is 0 Å². The molecule has 0 bridgehead atoms. The lowest BCUT2D eigenvalue weighted by Gasteiger charge is -2.22. The number of unbranched alkanes of at least 4 members (excludes halogenated alkanes) is 5. The number of aryl methyl sites for hydroxylation is 1. The third kappa shape index (κ3) is 9.56. The topological polar surface area (TPSA) is 47.9 Å². The molecule has 1 aromatic carbocycles. The first-order chi connectivity index (χ1) is 12.9. The van der Waals surface area contributed by atoms with Gasteiger partial charge in [-0.3, -0.25) is 0 Å². The highest BCUT2D eigenvalue weighted by molar-refractivity contribution is 5.27. The second-order valence-corrected chi connectivity index (χ2v) is 7.11. The molecule has 148 valence electrons. The Morgan fingerprint density at radius 2 is 1.62 bits per heavy atom. The van der Waals surface area contributed by atoms with Crippen LogP contribution in [-0.4, -0.2) is 37.8 Å². The van der Waals surface area contributed by atoms with Crippen LogP contribution in [0.15, 0.2) is 24.3 Å². The molecule has 0 saturated carbocycles. The van der Waals surface area contributed by atoms with Crippen molar-refractivity contribution in [1.29, 1.82) is 0 Å². The third-order valence-electron chi connectivity index (χ3n) is 4.80. The van der Waals surface area contributed by atoms with Crippen LogP contribution in [-0.2, 0) is 15.9 Å². The van der Waals surface area contributed by atoms with Crippen molar-refractivity contribution in [3.05, 3.63) is 29.8 Å². The van der Waals surface area contributed by atoms with Crippen molar-refractivity contribution in [2.45, 2.75) is 76.9 Å². The summed E-state index contributed by atoms with van der Waals surface area (Å²) in [6, 6.07) is 8.24. The van der Waals surface area contributed by atoms with Gasteiger partial charge in [-0.05, 0) is 62.6 Å². The Labute approximate surface area is 158 Å². The first kappa shape index (κ1) is 21.2. The molecular formula is C22H36O4. The van der Waals surface area contributed by atoms with E-state index >= 15 is 0 Å². The molecule has 0 aliphatic carbocycles. The quantitative estimate of drug-likeness (QED) is 0.478. The van der Waals surface area contributed by atoms with E-state index in [4.69, 9.17) is 19.3 Å². The van der Waals surface area contributed by atoms with Crippen LogP contribution < -0.4 is 4.74 Å². The van der Waals surface area contributed by atoms with Gasteiger partial charge in [-0.15, -0.1) is 0 Å². The summed E-state index contributed by atoms with van der Waals surface area (Å²) in [6.07, 6.45) is 12.5. The van der Waals surface area contributed by atoms with Gasteiger partial charge in [-0.1, -0.05) is 37.8 Å². The second kappa shape index (κ2) is 14.0. The number of aliphatic hydroxyl groups excluding tert-OH is 1. The third-order valence-corrected chi connectivity index (χ3v) is 4.80. The van der Waals surface area contributed by atoms with Crippen molar-refractivity contribution >= 4 is 0 Å². The van der Waals surface area contributed by atoms with Crippen molar-refractivity contribution < 1.29 is 19.3 Å². The van der Waals surface area contributed by atoms with Crippen molar-refractivity contribution in [3.63, 3.8) is 0 Å². The van der Waals surface area contributed by atoms with Crippen LogP contribution in [0.5, 0.6) is 5.75 Å². The van der Waals surface area contributed by atoms with Crippen LogP contribution in [0.4, 0.5) is 0 Å². The van der Waals surface area contributed by atoms with Gasteiger partial charge in [0.05, 0.1) is 6.61 Å². The van der Waals surface area contributed by atoms with Gasteiger partial charge in [0, 0.05) is 19.8 Å². The van der Waals surface area contributed by atoms with Crippen LogP contribution in [0.25, 0.3) is 0 Å². The van der Waals surface area contributed by atoms with Gasteiger partial charge < -0.3 is 19.3 Å². The molecule has 1 N–H and O–H groups in total. The fraction of sp³-hybridized carbons (Fsp3) is 0.727. The average molecular weight is 365 g/mol. The fourth-order valence-corrected chi connectivity index (χ4v) is 3.19. The predicted octanol–water partition coefficient (Wildman–Crippen LogP) is 4.87. The van der Waals surface area contributed by atoms with E-state index < -0.39 is 0 Å². The Kier molecular flexibility index (Phi) is 11.4. The van der Waals surface area contributed by atoms with Gasteiger partial charge in [0.25, 0.3) is 0 Å². The lowest BCUT2D eigenvalue weighted by atomic mass is 10.1. The van der Waals surface area contributed by atoms with Crippen molar-refractivity contribution in [2.24, 2.45) is 0 Å². The molecule has 26 heavy (non-hydrogen) atoms. The smallest absolute Gasteiger partial charge is 0.157 e. The van der Waals surface area contributed by atoms with Gasteiger partial charge in [0.1, 0.15) is 5.75 Å². The molecule has 1 heterocycles. The minimum Gasteiger partial charge on any atom is -0.494 e. The number of hydrogen-bond donors (Lipinski definition) is 1. The molecule has 1 saturated heterocycles. The average Bonchev–Trinajstić information content (AvgIpc) is 2.69. The molecule has 1 unspecified atom stereocenters. The van der Waals surface area contributed by atoms with Gasteiger partial charge in [0.15, 0.2) is 6.29 Å². The molecule has 2 rings (SSSR count). The minimum atomic E-state index is 0.0599. The van der Waals surface area contributed by atoms with Crippen LogP contribution >= 0.6 is 0 Å². The predicted molar refractivity (Wildman–Crippen MR) is 105 cm³/mol. The molecule has 0 spiro atoms. The first-order valence-electron chi connectivity index (χ1n) is 10.4. The molecule has 4 heteroatoms. The number of hydrogen-bond acceptors (Lipinski definition) is 4. The second-order valence-electron chi connectivity index (χ2n) is 7.11. The van der Waals surface area contributed by atoms with Gasteiger partial charge >= 0.3 is 0 Å². The van der Waals surface area contributed by atoms with Crippen LogP contribution in [0.1, 0.15) is 69.8 Å². The molecular weight excluding hydrogens is 328 g/mol. The summed E-state index contributed by atoms with van der Waals surface area (Å²) in [5.74, 6) is 0.944. The maximum Gasteiger partial charge on any atom is 0.157 e. The fourth-order valence-electron chi connectivity index (χ4n) is 3.19. The van der Waals surface area contributed by atoms with Gasteiger partial charge in [-0.25, -0.2) is 0 Å². The summed E-state index contributed by atoms with van der Waals surface area (Å²) in [5, 5.41) is 8.85. The van der Waals surface area contributed by atoms with E-state index in [9.17, 15) is 0 Å². The van der Waals surface area contributed by atoms with E-state index in [2.05, 4.69) is 12.1 Å². The number of benzene rings is 1. The van der Waals surface area contributed by atoms with E-state index in [1.807, 2.05) is 12.1 Å². The van der Waals surface area contributed by atoms with E-state index in [0.717, 1.165) is 57.7 Å². The maximum absolute atomic E-state index is 8.85. The van der Waals surface area contributed by atoms with Crippen LogP contribution in [0.2, 0.25) is 0 Å². The molecule has 0 aromatic heterocycles. The SMILES string of the molecule is OCCCc1ccc(OCCCCCCCCOC2CCCCO2)cc1. The molecule has 1 aromatic rings. The highest BCUT2D eigenvalue weighted by Gasteiger charge is 2.13. The van der Waals surface area contributed by atoms with E-state index in [0.29, 0.717) is 0 Å². The lowest BCUT2D eigenvalue weighted by molar-refractivity contribution is -0.162. The van der Waals surface area contributed by atoms with Crippen LogP contribution in [0.3, 0.4) is 0 Å². The summed E-state index contributed by atoms with van der Waals surface area (Å²) in [6.45, 7) is 2.74. The van der Waals surface area contributed by atoms with E-state index in [1.165, 1.54) is 44.1 Å². The summed E-state index contributed by atoms with van der Waals surface area (Å²) in [7, 11) is 0. The molecule has 1 aliphatic heterocycles. The molecule has 0 amide bonds. The number of aliphatic hydroxyl groups is 1. The summed E-state index contributed by atoms with van der Waals surface area (Å²) in [5.41, 5.74) is 1.26. The standard InChI is InChI=1S/C22H36O4/c23-16-9-10-20-12-14-21(15-13-20)24-17-6-3-1-2-4-7-18-25-22-11-5-8-19-26-22/h12-15,22-23H,1-11,16-19H2. The van der Waals surface area contributed by atoms with E-state index in [1.54, 1.807) is 0 Å². The molecule has 1 atom stereocenters. The van der Waals surface area contributed by atoms with E-state index in [-0.39, 0.29) is 12.9 Å². The van der Waals surface area contributed by atoms with Gasteiger partial charge in [-0.2, -0.15) is 0 Å².